The Hall–Kier alpha value is -2.01. The zero-order valence-electron chi connectivity index (χ0n) is 14.5. The van der Waals surface area contributed by atoms with Gasteiger partial charge in [-0.15, -0.1) is 0 Å². The van der Waals surface area contributed by atoms with Gasteiger partial charge in [0.2, 0.25) is 5.75 Å². The summed E-state index contributed by atoms with van der Waals surface area (Å²) < 4.78 is 16.0. The van der Waals surface area contributed by atoms with Crippen molar-refractivity contribution in [3.63, 3.8) is 0 Å². The molecule has 0 saturated heterocycles. The van der Waals surface area contributed by atoms with Gasteiger partial charge in [0.25, 0.3) is 0 Å². The maximum Gasteiger partial charge on any atom is 0.203 e. The Morgan fingerprint density at radius 1 is 1.13 bits per heavy atom. The maximum absolute atomic E-state index is 12.5. The van der Waals surface area contributed by atoms with Gasteiger partial charge in [-0.25, -0.2) is 0 Å². The van der Waals surface area contributed by atoms with Gasteiger partial charge in [0.15, 0.2) is 17.3 Å². The molecule has 1 aliphatic rings. The van der Waals surface area contributed by atoms with E-state index in [-0.39, 0.29) is 11.7 Å². The molecule has 1 aromatic rings. The smallest absolute Gasteiger partial charge is 0.203 e. The first-order valence-corrected chi connectivity index (χ1v) is 7.69. The van der Waals surface area contributed by atoms with Crippen LogP contribution in [0.15, 0.2) is 17.7 Å². The van der Waals surface area contributed by atoms with E-state index in [2.05, 4.69) is 4.90 Å². The molecule has 126 valence electrons. The van der Waals surface area contributed by atoms with Crippen LogP contribution in [-0.2, 0) is 4.79 Å². The van der Waals surface area contributed by atoms with Crippen LogP contribution in [0.25, 0.3) is 6.08 Å². The van der Waals surface area contributed by atoms with Crippen molar-refractivity contribution in [3.8, 4) is 17.2 Å². The second kappa shape index (κ2) is 7.51. The minimum absolute atomic E-state index is 0.0956. The van der Waals surface area contributed by atoms with E-state index in [1.807, 2.05) is 32.3 Å². The van der Waals surface area contributed by atoms with Gasteiger partial charge < -0.3 is 19.1 Å². The summed E-state index contributed by atoms with van der Waals surface area (Å²) in [7, 11) is 8.73. The third-order valence-corrected chi connectivity index (χ3v) is 4.06. The minimum Gasteiger partial charge on any atom is -0.493 e. The lowest BCUT2D eigenvalue weighted by Crippen LogP contribution is -2.24. The molecule has 0 aromatic heterocycles. The number of carbonyl (C=O) groups excluding carboxylic acids is 1. The molecule has 0 bridgehead atoms. The second-order valence-electron chi connectivity index (χ2n) is 5.99. The predicted octanol–water partition coefficient (Wildman–Crippen LogP) is 2.64. The minimum atomic E-state index is 0.0956. The predicted molar refractivity (Wildman–Crippen MR) is 90.4 cm³/mol. The lowest BCUT2D eigenvalue weighted by atomic mass is 10.0. The molecule has 0 aliphatic heterocycles. The highest BCUT2D eigenvalue weighted by atomic mass is 16.5. The Labute approximate surface area is 137 Å². The number of hydrogen-bond donors (Lipinski definition) is 0. The monoisotopic (exact) mass is 319 g/mol. The van der Waals surface area contributed by atoms with Gasteiger partial charge in [-0.2, -0.15) is 0 Å². The van der Waals surface area contributed by atoms with Gasteiger partial charge >= 0.3 is 0 Å². The van der Waals surface area contributed by atoms with E-state index in [4.69, 9.17) is 14.2 Å². The molecule has 0 radical (unpaired) electrons. The van der Waals surface area contributed by atoms with E-state index in [9.17, 15) is 4.79 Å². The molecule has 5 nitrogen and oxygen atoms in total. The first-order chi connectivity index (χ1) is 11.0. The molecule has 1 aliphatic carbocycles. The van der Waals surface area contributed by atoms with Crippen molar-refractivity contribution in [1.29, 1.82) is 0 Å². The standard InChI is InChI=1S/C18H25NO4/c1-19(2)11-14-7-6-13(17(14)20)8-12-9-15(21-3)18(23-5)16(10-12)22-4/h8-10,14H,6-7,11H2,1-5H3/b13-8-. The highest BCUT2D eigenvalue weighted by molar-refractivity contribution is 6.03. The molecule has 0 heterocycles. The number of carbonyl (C=O) groups is 1. The molecule has 0 amide bonds. The van der Waals surface area contributed by atoms with Crippen molar-refractivity contribution in [1.82, 2.24) is 4.90 Å². The molecule has 1 atom stereocenters. The zero-order chi connectivity index (χ0) is 17.0. The van der Waals surface area contributed by atoms with Crippen LogP contribution in [0.4, 0.5) is 0 Å². The van der Waals surface area contributed by atoms with Crippen LogP contribution in [0.1, 0.15) is 18.4 Å². The van der Waals surface area contributed by atoms with E-state index in [0.717, 1.165) is 30.5 Å². The van der Waals surface area contributed by atoms with Crippen molar-refractivity contribution in [3.05, 3.63) is 23.3 Å². The van der Waals surface area contributed by atoms with Crippen LogP contribution in [0.2, 0.25) is 0 Å². The van der Waals surface area contributed by atoms with Gasteiger partial charge in [0.1, 0.15) is 0 Å². The normalized spacial score (nSPS) is 19.5. The Kier molecular flexibility index (Phi) is 5.66. The first-order valence-electron chi connectivity index (χ1n) is 7.69. The number of methoxy groups -OCH3 is 3. The molecule has 1 fully saturated rings. The Morgan fingerprint density at radius 2 is 1.74 bits per heavy atom. The fourth-order valence-electron chi connectivity index (χ4n) is 2.99. The van der Waals surface area contributed by atoms with Crippen molar-refractivity contribution >= 4 is 11.9 Å². The lowest BCUT2D eigenvalue weighted by Gasteiger charge is -2.14. The summed E-state index contributed by atoms with van der Waals surface area (Å²) in [6.45, 7) is 0.797. The quantitative estimate of drug-likeness (QED) is 0.754. The summed E-state index contributed by atoms with van der Waals surface area (Å²) in [4.78, 5) is 14.6. The average Bonchev–Trinajstić information content (AvgIpc) is 2.86. The Morgan fingerprint density at radius 3 is 2.22 bits per heavy atom. The summed E-state index contributed by atoms with van der Waals surface area (Å²) >= 11 is 0. The zero-order valence-corrected chi connectivity index (χ0v) is 14.5. The molecular weight excluding hydrogens is 294 g/mol. The lowest BCUT2D eigenvalue weighted by molar-refractivity contribution is -0.118. The number of ether oxygens (including phenoxy) is 3. The van der Waals surface area contributed by atoms with E-state index in [1.54, 1.807) is 21.3 Å². The summed E-state index contributed by atoms with van der Waals surface area (Å²) in [5.74, 6) is 2.08. The van der Waals surface area contributed by atoms with Gasteiger partial charge in [-0.1, -0.05) is 0 Å². The first kappa shape index (κ1) is 17.3. The number of hydrogen-bond acceptors (Lipinski definition) is 5. The van der Waals surface area contributed by atoms with Gasteiger partial charge in [0.05, 0.1) is 21.3 Å². The maximum atomic E-state index is 12.5. The molecule has 0 N–H and O–H groups in total. The van der Waals surface area contributed by atoms with Crippen molar-refractivity contribution in [2.75, 3.05) is 42.0 Å². The van der Waals surface area contributed by atoms with Gasteiger partial charge in [0, 0.05) is 12.5 Å². The van der Waals surface area contributed by atoms with Crippen LogP contribution in [-0.4, -0.2) is 52.7 Å². The third-order valence-electron chi connectivity index (χ3n) is 4.06. The Bertz CT molecular complexity index is 582. The highest BCUT2D eigenvalue weighted by Gasteiger charge is 2.29. The third kappa shape index (κ3) is 3.85. The number of nitrogens with zero attached hydrogens (tertiary/aromatic N) is 1. The average molecular weight is 319 g/mol. The number of rotatable bonds is 6. The molecule has 1 saturated carbocycles. The molecule has 0 spiro atoms. The van der Waals surface area contributed by atoms with Crippen molar-refractivity contribution in [2.45, 2.75) is 12.8 Å². The van der Waals surface area contributed by atoms with Crippen molar-refractivity contribution in [2.24, 2.45) is 5.92 Å². The molecule has 23 heavy (non-hydrogen) atoms. The number of Topliss-reactive ketones (excluding diaryl/α,β-unsaturated/α-hetero) is 1. The van der Waals surface area contributed by atoms with Gasteiger partial charge in [-0.05, 0) is 56.3 Å². The van der Waals surface area contributed by atoms with E-state index in [0.29, 0.717) is 17.2 Å². The number of benzene rings is 1. The highest BCUT2D eigenvalue weighted by Crippen LogP contribution is 2.39. The topological polar surface area (TPSA) is 48.0 Å². The summed E-state index contributed by atoms with van der Waals surface area (Å²) in [6, 6.07) is 3.72. The van der Waals surface area contributed by atoms with Crippen LogP contribution in [0.3, 0.4) is 0 Å². The summed E-state index contributed by atoms with van der Waals surface area (Å²) in [6.07, 6.45) is 3.66. The largest absolute Gasteiger partial charge is 0.493 e. The van der Waals surface area contributed by atoms with Crippen LogP contribution in [0, 0.1) is 5.92 Å². The van der Waals surface area contributed by atoms with E-state index < -0.39 is 0 Å². The second-order valence-corrected chi connectivity index (χ2v) is 5.99. The van der Waals surface area contributed by atoms with Crippen molar-refractivity contribution < 1.29 is 19.0 Å². The Balaban J connectivity index is 2.31. The summed E-state index contributed by atoms with van der Waals surface area (Å²) in [5, 5.41) is 0. The number of ketones is 1. The molecular formula is C18H25NO4. The molecule has 1 unspecified atom stereocenters. The van der Waals surface area contributed by atoms with E-state index in [1.165, 1.54) is 0 Å². The van der Waals surface area contributed by atoms with Crippen LogP contribution in [0.5, 0.6) is 17.2 Å². The SMILES string of the molecule is COc1cc(/C=C2/CCC(CN(C)C)C2=O)cc(OC)c1OC. The fourth-order valence-corrected chi connectivity index (χ4v) is 2.99. The van der Waals surface area contributed by atoms with Crippen LogP contribution >= 0.6 is 0 Å². The number of allylic oxidation sites excluding steroid dienone is 1. The molecule has 1 aromatic carbocycles. The fraction of sp³-hybridized carbons (Fsp3) is 0.500. The molecule has 5 heteroatoms. The van der Waals surface area contributed by atoms with Crippen LogP contribution < -0.4 is 14.2 Å². The summed E-state index contributed by atoms with van der Waals surface area (Å²) in [5.41, 5.74) is 1.75. The molecule has 2 rings (SSSR count). The van der Waals surface area contributed by atoms with E-state index >= 15 is 0 Å². The van der Waals surface area contributed by atoms with Gasteiger partial charge in [-0.3, -0.25) is 4.79 Å².